The Morgan fingerprint density at radius 1 is 1.22 bits per heavy atom. The number of nitrogens with zero attached hydrogens (tertiary/aromatic N) is 3. The van der Waals surface area contributed by atoms with Crippen molar-refractivity contribution < 1.29 is 0 Å². The molecule has 0 saturated carbocycles. The van der Waals surface area contributed by atoms with Crippen molar-refractivity contribution in [2.45, 2.75) is 13.5 Å². The van der Waals surface area contributed by atoms with Crippen molar-refractivity contribution in [2.24, 2.45) is 0 Å². The van der Waals surface area contributed by atoms with Gasteiger partial charge in [0.05, 0.1) is 11.0 Å². The molecule has 1 N–H and O–H groups in total. The summed E-state index contributed by atoms with van der Waals surface area (Å²) in [4.78, 5) is 7.14. The fourth-order valence-electron chi connectivity index (χ4n) is 2.48. The predicted molar refractivity (Wildman–Crippen MR) is 77.7 cm³/mol. The summed E-state index contributed by atoms with van der Waals surface area (Å²) >= 11 is 0. The highest BCUT2D eigenvalue weighted by atomic mass is 35.5. The summed E-state index contributed by atoms with van der Waals surface area (Å²) in [7, 11) is 0. The van der Waals surface area contributed by atoms with Crippen molar-refractivity contribution in [1.29, 1.82) is 0 Å². The van der Waals surface area contributed by atoms with Gasteiger partial charge in [0.25, 0.3) is 0 Å². The van der Waals surface area contributed by atoms with Gasteiger partial charge in [-0.1, -0.05) is 12.1 Å². The molecule has 1 aromatic heterocycles. The molecule has 1 aliphatic rings. The lowest BCUT2D eigenvalue weighted by Crippen LogP contribution is -2.44. The lowest BCUT2D eigenvalue weighted by Gasteiger charge is -2.28. The number of hydrogen-bond acceptors (Lipinski definition) is 3. The zero-order chi connectivity index (χ0) is 11.7. The van der Waals surface area contributed by atoms with Crippen molar-refractivity contribution in [3.8, 4) is 0 Å². The van der Waals surface area contributed by atoms with E-state index in [4.69, 9.17) is 4.98 Å². The van der Waals surface area contributed by atoms with Crippen LogP contribution in [0.15, 0.2) is 24.3 Å². The number of halogens is 1. The quantitative estimate of drug-likeness (QED) is 0.901. The van der Waals surface area contributed by atoms with Crippen molar-refractivity contribution in [3.05, 3.63) is 24.3 Å². The Hall–Kier alpha value is -1.26. The Bertz CT molecular complexity index is 517. The minimum Gasteiger partial charge on any atom is -0.340 e. The predicted octanol–water partition coefficient (Wildman–Crippen LogP) is 1.89. The second kappa shape index (κ2) is 5.59. The van der Waals surface area contributed by atoms with Gasteiger partial charge in [0.2, 0.25) is 5.95 Å². The molecule has 0 radical (unpaired) electrons. The fraction of sp³-hybridized carbons (Fsp3) is 0.462. The first kappa shape index (κ1) is 13.2. The third-order valence-electron chi connectivity index (χ3n) is 3.35. The van der Waals surface area contributed by atoms with E-state index in [1.54, 1.807) is 0 Å². The molecule has 18 heavy (non-hydrogen) atoms. The van der Waals surface area contributed by atoms with Crippen LogP contribution in [0.1, 0.15) is 6.92 Å². The normalized spacial score (nSPS) is 15.7. The Morgan fingerprint density at radius 2 is 1.94 bits per heavy atom. The molecular formula is C13H19ClN4. The number of imidazole rings is 1. The van der Waals surface area contributed by atoms with Crippen LogP contribution in [0.5, 0.6) is 0 Å². The van der Waals surface area contributed by atoms with Gasteiger partial charge in [-0.15, -0.1) is 12.4 Å². The van der Waals surface area contributed by atoms with E-state index in [2.05, 4.69) is 46.0 Å². The molecule has 0 amide bonds. The van der Waals surface area contributed by atoms with Crippen LogP contribution in [0, 0.1) is 0 Å². The Morgan fingerprint density at radius 3 is 2.67 bits per heavy atom. The van der Waals surface area contributed by atoms with E-state index in [1.165, 1.54) is 5.52 Å². The summed E-state index contributed by atoms with van der Waals surface area (Å²) in [6, 6.07) is 8.37. The van der Waals surface area contributed by atoms with E-state index < -0.39 is 0 Å². The molecule has 0 unspecified atom stereocenters. The molecule has 1 saturated heterocycles. The number of benzene rings is 1. The molecule has 3 rings (SSSR count). The van der Waals surface area contributed by atoms with Gasteiger partial charge in [0.1, 0.15) is 0 Å². The van der Waals surface area contributed by atoms with Gasteiger partial charge < -0.3 is 14.8 Å². The molecule has 98 valence electrons. The highest BCUT2D eigenvalue weighted by molar-refractivity contribution is 5.85. The standard InChI is InChI=1S/C13H18N4.ClH/c1-2-17-12-6-4-3-5-11(12)15-13(17)16-9-7-14-8-10-16;/h3-6,14H,2,7-10H2,1H3;1H. The summed E-state index contributed by atoms with van der Waals surface area (Å²) in [5, 5.41) is 3.38. The number of aryl methyl sites for hydroxylation is 1. The molecule has 0 spiro atoms. The number of aromatic nitrogens is 2. The van der Waals surface area contributed by atoms with E-state index in [0.717, 1.165) is 44.2 Å². The molecule has 0 bridgehead atoms. The van der Waals surface area contributed by atoms with Crippen LogP contribution in [0.4, 0.5) is 5.95 Å². The fourth-order valence-corrected chi connectivity index (χ4v) is 2.48. The first-order valence-corrected chi connectivity index (χ1v) is 6.31. The van der Waals surface area contributed by atoms with Crippen LogP contribution >= 0.6 is 12.4 Å². The highest BCUT2D eigenvalue weighted by Crippen LogP contribution is 2.22. The topological polar surface area (TPSA) is 33.1 Å². The van der Waals surface area contributed by atoms with Gasteiger partial charge in [-0.3, -0.25) is 0 Å². The van der Waals surface area contributed by atoms with E-state index >= 15 is 0 Å². The van der Waals surface area contributed by atoms with Crippen molar-refractivity contribution in [1.82, 2.24) is 14.9 Å². The van der Waals surface area contributed by atoms with Crippen LogP contribution < -0.4 is 10.2 Å². The average molecular weight is 267 g/mol. The van der Waals surface area contributed by atoms with Gasteiger partial charge in [-0.25, -0.2) is 4.98 Å². The van der Waals surface area contributed by atoms with Crippen molar-refractivity contribution in [2.75, 3.05) is 31.1 Å². The van der Waals surface area contributed by atoms with Crippen LogP contribution in [0.25, 0.3) is 11.0 Å². The molecule has 1 aliphatic heterocycles. The molecule has 1 fully saturated rings. The van der Waals surface area contributed by atoms with E-state index in [-0.39, 0.29) is 12.4 Å². The van der Waals surface area contributed by atoms with Crippen LogP contribution in [-0.4, -0.2) is 35.7 Å². The Kier molecular flexibility index (Phi) is 4.09. The monoisotopic (exact) mass is 266 g/mol. The van der Waals surface area contributed by atoms with Gasteiger partial charge in [-0.2, -0.15) is 0 Å². The molecule has 5 heteroatoms. The number of anilines is 1. The molecule has 1 aromatic carbocycles. The SMILES string of the molecule is CCn1c(N2CCNCC2)nc2ccccc21.Cl. The molecule has 2 heterocycles. The molecular weight excluding hydrogens is 248 g/mol. The minimum absolute atomic E-state index is 0. The Balaban J connectivity index is 0.00000120. The second-order valence-electron chi connectivity index (χ2n) is 4.38. The second-order valence-corrected chi connectivity index (χ2v) is 4.38. The maximum absolute atomic E-state index is 4.77. The van der Waals surface area contributed by atoms with Crippen molar-refractivity contribution in [3.63, 3.8) is 0 Å². The van der Waals surface area contributed by atoms with E-state index in [0.29, 0.717) is 0 Å². The largest absolute Gasteiger partial charge is 0.340 e. The summed E-state index contributed by atoms with van der Waals surface area (Å²) in [6.07, 6.45) is 0. The minimum atomic E-state index is 0. The molecule has 0 aliphatic carbocycles. The molecule has 2 aromatic rings. The number of para-hydroxylation sites is 2. The average Bonchev–Trinajstić information content (AvgIpc) is 2.78. The summed E-state index contributed by atoms with van der Waals surface area (Å²) in [5.41, 5.74) is 2.34. The van der Waals surface area contributed by atoms with E-state index in [1.807, 2.05) is 0 Å². The first-order chi connectivity index (χ1) is 8.40. The number of nitrogens with one attached hydrogen (secondary N) is 1. The molecule has 0 atom stereocenters. The first-order valence-electron chi connectivity index (χ1n) is 6.31. The van der Waals surface area contributed by atoms with Gasteiger partial charge in [0, 0.05) is 32.7 Å². The summed E-state index contributed by atoms with van der Waals surface area (Å²) in [6.45, 7) is 7.34. The van der Waals surface area contributed by atoms with Gasteiger partial charge >= 0.3 is 0 Å². The lowest BCUT2D eigenvalue weighted by molar-refractivity contribution is 0.570. The maximum atomic E-state index is 4.77. The third-order valence-corrected chi connectivity index (χ3v) is 3.35. The smallest absolute Gasteiger partial charge is 0.206 e. The van der Waals surface area contributed by atoms with Gasteiger partial charge in [0.15, 0.2) is 0 Å². The summed E-state index contributed by atoms with van der Waals surface area (Å²) < 4.78 is 2.31. The molecule has 4 nitrogen and oxygen atoms in total. The van der Waals surface area contributed by atoms with Crippen molar-refractivity contribution >= 4 is 29.4 Å². The van der Waals surface area contributed by atoms with Crippen LogP contribution in [0.3, 0.4) is 0 Å². The zero-order valence-corrected chi connectivity index (χ0v) is 11.4. The Labute approximate surface area is 113 Å². The third kappa shape index (κ3) is 2.18. The summed E-state index contributed by atoms with van der Waals surface area (Å²) in [5.74, 6) is 1.12. The lowest BCUT2D eigenvalue weighted by atomic mass is 10.3. The number of piperazine rings is 1. The van der Waals surface area contributed by atoms with E-state index in [9.17, 15) is 0 Å². The zero-order valence-electron chi connectivity index (χ0n) is 10.6. The number of hydrogen-bond donors (Lipinski definition) is 1. The maximum Gasteiger partial charge on any atom is 0.206 e. The highest BCUT2D eigenvalue weighted by Gasteiger charge is 2.17. The van der Waals surface area contributed by atoms with Crippen LogP contribution in [-0.2, 0) is 6.54 Å². The van der Waals surface area contributed by atoms with Crippen LogP contribution in [0.2, 0.25) is 0 Å². The van der Waals surface area contributed by atoms with Gasteiger partial charge in [-0.05, 0) is 19.1 Å². The number of fused-ring (bicyclic) bond motifs is 1. The number of rotatable bonds is 2.